The van der Waals surface area contributed by atoms with Crippen LogP contribution in [0, 0.1) is 13.8 Å². The number of rotatable bonds is 4. The zero-order chi connectivity index (χ0) is 16.5. The van der Waals surface area contributed by atoms with E-state index in [1.54, 1.807) is 13.0 Å². The van der Waals surface area contributed by atoms with Crippen LogP contribution in [0.1, 0.15) is 20.1 Å². The van der Waals surface area contributed by atoms with E-state index in [1.165, 1.54) is 29.5 Å². The Morgan fingerprint density at radius 2 is 1.86 bits per heavy atom. The molecule has 0 saturated heterocycles. The molecule has 1 heterocycles. The SMILES string of the molecule is Cc1cc(C(=O)Nc2ccccc2S(=O)(=O)C(F)F)c(C)s1. The van der Waals surface area contributed by atoms with Crippen molar-refractivity contribution < 1.29 is 22.0 Å². The molecule has 2 rings (SSSR count). The molecule has 2 aromatic rings. The van der Waals surface area contributed by atoms with Crippen molar-refractivity contribution in [2.45, 2.75) is 24.5 Å². The number of hydrogen-bond acceptors (Lipinski definition) is 4. The molecule has 0 aliphatic rings. The number of aryl methyl sites for hydroxylation is 2. The average Bonchev–Trinajstić information content (AvgIpc) is 2.78. The number of hydrogen-bond donors (Lipinski definition) is 1. The Kier molecular flexibility index (Phi) is 4.62. The van der Waals surface area contributed by atoms with Crippen molar-refractivity contribution in [3.8, 4) is 0 Å². The zero-order valence-electron chi connectivity index (χ0n) is 11.8. The second-order valence-corrected chi connectivity index (χ2v) is 7.93. The maximum Gasteiger partial charge on any atom is 0.341 e. The van der Waals surface area contributed by atoms with Crippen LogP contribution in [-0.2, 0) is 9.84 Å². The topological polar surface area (TPSA) is 63.2 Å². The number of benzene rings is 1. The highest BCUT2D eigenvalue weighted by molar-refractivity contribution is 7.91. The maximum atomic E-state index is 12.7. The summed E-state index contributed by atoms with van der Waals surface area (Å²) >= 11 is 1.42. The van der Waals surface area contributed by atoms with Crippen molar-refractivity contribution in [1.82, 2.24) is 0 Å². The van der Waals surface area contributed by atoms with Crippen LogP contribution in [0.25, 0.3) is 0 Å². The lowest BCUT2D eigenvalue weighted by Gasteiger charge is -2.11. The van der Waals surface area contributed by atoms with Gasteiger partial charge < -0.3 is 5.32 Å². The second kappa shape index (κ2) is 6.13. The molecule has 8 heteroatoms. The number of amides is 1. The van der Waals surface area contributed by atoms with E-state index >= 15 is 0 Å². The maximum absolute atomic E-state index is 12.7. The lowest BCUT2D eigenvalue weighted by molar-refractivity contribution is 0.102. The van der Waals surface area contributed by atoms with Gasteiger partial charge in [-0.25, -0.2) is 8.42 Å². The van der Waals surface area contributed by atoms with E-state index in [4.69, 9.17) is 0 Å². The van der Waals surface area contributed by atoms with E-state index in [0.717, 1.165) is 15.8 Å². The Hall–Kier alpha value is -1.80. The van der Waals surface area contributed by atoms with Gasteiger partial charge in [0.2, 0.25) is 9.84 Å². The number of carbonyl (C=O) groups is 1. The van der Waals surface area contributed by atoms with Gasteiger partial charge in [-0.1, -0.05) is 12.1 Å². The van der Waals surface area contributed by atoms with Crippen LogP contribution in [0.5, 0.6) is 0 Å². The summed E-state index contributed by atoms with van der Waals surface area (Å²) in [6.45, 7) is 3.60. The summed E-state index contributed by atoms with van der Waals surface area (Å²) in [4.78, 5) is 13.3. The smallest absolute Gasteiger partial charge is 0.321 e. The lowest BCUT2D eigenvalue weighted by atomic mass is 10.2. The van der Waals surface area contributed by atoms with E-state index in [0.29, 0.717) is 5.56 Å². The Labute approximate surface area is 130 Å². The Morgan fingerprint density at radius 3 is 2.41 bits per heavy atom. The Morgan fingerprint density at radius 1 is 1.23 bits per heavy atom. The van der Waals surface area contributed by atoms with Gasteiger partial charge >= 0.3 is 5.76 Å². The number of anilines is 1. The summed E-state index contributed by atoms with van der Waals surface area (Å²) in [5.74, 6) is -4.07. The molecule has 0 aliphatic carbocycles. The van der Waals surface area contributed by atoms with Gasteiger partial charge in [0.05, 0.1) is 16.1 Å². The van der Waals surface area contributed by atoms with Gasteiger partial charge in [-0.05, 0) is 32.0 Å². The minimum absolute atomic E-state index is 0.156. The molecule has 0 spiro atoms. The van der Waals surface area contributed by atoms with Crippen LogP contribution in [-0.4, -0.2) is 20.1 Å². The molecule has 0 bridgehead atoms. The number of para-hydroxylation sites is 1. The van der Waals surface area contributed by atoms with Crippen molar-refractivity contribution in [2.24, 2.45) is 0 Å². The fourth-order valence-electron chi connectivity index (χ4n) is 1.96. The summed E-state index contributed by atoms with van der Waals surface area (Å²) in [5, 5.41) is 2.40. The standard InChI is InChI=1S/C14H13F2NO3S2/c1-8-7-10(9(2)21-8)13(18)17-11-5-3-4-6-12(11)22(19,20)14(15)16/h3-7,14H,1-2H3,(H,17,18). The van der Waals surface area contributed by atoms with Crippen LogP contribution < -0.4 is 5.32 Å². The molecule has 1 N–H and O–H groups in total. The van der Waals surface area contributed by atoms with Gasteiger partial charge in [0, 0.05) is 9.75 Å². The van der Waals surface area contributed by atoms with E-state index in [2.05, 4.69) is 5.32 Å². The van der Waals surface area contributed by atoms with Crippen molar-refractivity contribution in [3.63, 3.8) is 0 Å². The van der Waals surface area contributed by atoms with Crippen LogP contribution in [0.4, 0.5) is 14.5 Å². The first-order valence-electron chi connectivity index (χ1n) is 6.23. The van der Waals surface area contributed by atoms with Crippen molar-refractivity contribution in [3.05, 3.63) is 45.6 Å². The van der Waals surface area contributed by atoms with Crippen LogP contribution in [0.2, 0.25) is 0 Å². The van der Waals surface area contributed by atoms with Crippen molar-refractivity contribution in [2.75, 3.05) is 5.32 Å². The van der Waals surface area contributed by atoms with E-state index in [9.17, 15) is 22.0 Å². The zero-order valence-corrected chi connectivity index (χ0v) is 13.4. The Bertz CT molecular complexity index is 813. The Balaban J connectivity index is 2.39. The third-order valence-corrected chi connectivity index (χ3v) is 5.37. The molecule has 22 heavy (non-hydrogen) atoms. The first kappa shape index (κ1) is 16.6. The normalized spacial score (nSPS) is 11.7. The molecular formula is C14H13F2NO3S2. The molecule has 1 aromatic heterocycles. The fraction of sp³-hybridized carbons (Fsp3) is 0.214. The largest absolute Gasteiger partial charge is 0.341 e. The van der Waals surface area contributed by atoms with Gasteiger partial charge in [0.25, 0.3) is 5.91 Å². The molecule has 0 radical (unpaired) electrons. The minimum atomic E-state index is -4.79. The van der Waals surface area contributed by atoms with E-state index < -0.39 is 26.4 Å². The number of sulfone groups is 1. The second-order valence-electron chi connectivity index (χ2n) is 4.58. The highest BCUT2D eigenvalue weighted by Gasteiger charge is 2.29. The fourth-order valence-corrected chi connectivity index (χ4v) is 3.77. The van der Waals surface area contributed by atoms with E-state index in [1.807, 2.05) is 6.92 Å². The highest BCUT2D eigenvalue weighted by atomic mass is 32.2. The number of nitrogens with one attached hydrogen (secondary N) is 1. The monoisotopic (exact) mass is 345 g/mol. The van der Waals surface area contributed by atoms with Crippen LogP contribution >= 0.6 is 11.3 Å². The quantitative estimate of drug-likeness (QED) is 0.921. The van der Waals surface area contributed by atoms with Crippen molar-refractivity contribution >= 4 is 32.8 Å². The molecule has 0 unspecified atom stereocenters. The predicted molar refractivity (Wildman–Crippen MR) is 81.4 cm³/mol. The van der Waals surface area contributed by atoms with Crippen LogP contribution in [0.15, 0.2) is 35.2 Å². The number of alkyl halides is 2. The minimum Gasteiger partial charge on any atom is -0.321 e. The first-order chi connectivity index (χ1) is 10.2. The molecule has 0 atom stereocenters. The molecule has 0 aliphatic heterocycles. The summed E-state index contributed by atoms with van der Waals surface area (Å²) in [5.41, 5.74) is 0.239. The van der Waals surface area contributed by atoms with Gasteiger partial charge in [0.15, 0.2) is 0 Å². The molecule has 1 amide bonds. The molecular weight excluding hydrogens is 332 g/mol. The molecule has 0 saturated carbocycles. The van der Waals surface area contributed by atoms with Crippen LogP contribution in [0.3, 0.4) is 0 Å². The number of halogens is 2. The molecule has 118 valence electrons. The summed E-state index contributed by atoms with van der Waals surface area (Å²) < 4.78 is 48.7. The number of thiophene rings is 1. The average molecular weight is 345 g/mol. The number of carbonyl (C=O) groups excluding carboxylic acids is 1. The third kappa shape index (κ3) is 3.17. The van der Waals surface area contributed by atoms with Crippen molar-refractivity contribution in [1.29, 1.82) is 0 Å². The van der Waals surface area contributed by atoms with Gasteiger partial charge in [-0.3, -0.25) is 4.79 Å². The predicted octanol–water partition coefficient (Wildman–Crippen LogP) is 3.61. The summed E-state index contributed by atoms with van der Waals surface area (Å²) in [6.07, 6.45) is 0. The third-order valence-electron chi connectivity index (χ3n) is 2.96. The molecule has 0 fully saturated rings. The van der Waals surface area contributed by atoms with Gasteiger partial charge in [-0.2, -0.15) is 8.78 Å². The van der Waals surface area contributed by atoms with E-state index in [-0.39, 0.29) is 5.69 Å². The first-order valence-corrected chi connectivity index (χ1v) is 8.59. The molecule has 4 nitrogen and oxygen atoms in total. The summed E-state index contributed by atoms with van der Waals surface area (Å²) in [7, 11) is -4.79. The lowest BCUT2D eigenvalue weighted by Crippen LogP contribution is -2.18. The summed E-state index contributed by atoms with van der Waals surface area (Å²) in [6, 6.07) is 6.78. The van der Waals surface area contributed by atoms with Gasteiger partial charge in [0.1, 0.15) is 0 Å². The van der Waals surface area contributed by atoms with Gasteiger partial charge in [-0.15, -0.1) is 11.3 Å². The highest BCUT2D eigenvalue weighted by Crippen LogP contribution is 2.27. The molecule has 1 aromatic carbocycles.